The summed E-state index contributed by atoms with van der Waals surface area (Å²) < 4.78 is 5.57. The molecule has 3 amide bonds. The second-order valence-electron chi connectivity index (χ2n) is 10.1. The predicted octanol–water partition coefficient (Wildman–Crippen LogP) is 1.07. The molecular weight excluding hydrogens is 488 g/mol. The highest BCUT2D eigenvalue weighted by molar-refractivity contribution is 6.05. The van der Waals surface area contributed by atoms with E-state index in [9.17, 15) is 14.4 Å². The van der Waals surface area contributed by atoms with E-state index in [2.05, 4.69) is 27.6 Å². The van der Waals surface area contributed by atoms with Crippen molar-refractivity contribution >= 4 is 40.9 Å². The Balaban J connectivity index is 1.34. The third-order valence-electron chi connectivity index (χ3n) is 7.59. The molecule has 3 aliphatic rings. The van der Waals surface area contributed by atoms with Crippen molar-refractivity contribution in [1.29, 1.82) is 0 Å². The third kappa shape index (κ3) is 4.95. The number of methoxy groups -OCH3 is 1. The molecule has 2 N–H and O–H groups in total. The number of piperazine rings is 1. The van der Waals surface area contributed by atoms with Crippen molar-refractivity contribution in [3.63, 3.8) is 0 Å². The number of hydrogen-bond acceptors (Lipinski definition) is 9. The molecule has 12 nitrogen and oxygen atoms in total. The fourth-order valence-corrected chi connectivity index (χ4v) is 5.23. The summed E-state index contributed by atoms with van der Waals surface area (Å²) in [6, 6.07) is 4.89. The molecule has 0 radical (unpaired) electrons. The number of benzene rings is 1. The van der Waals surface area contributed by atoms with Crippen LogP contribution in [-0.4, -0.2) is 104 Å². The number of ether oxygens (including phenoxy) is 1. The fraction of sp³-hybridized carbons (Fsp3) is 0.500. The number of nitrogens with one attached hydrogen (secondary N) is 2. The lowest BCUT2D eigenvalue weighted by molar-refractivity contribution is -0.131. The molecule has 0 unspecified atom stereocenters. The molecule has 12 heteroatoms. The van der Waals surface area contributed by atoms with E-state index in [4.69, 9.17) is 9.72 Å². The average Bonchev–Trinajstić information content (AvgIpc) is 2.92. The van der Waals surface area contributed by atoms with Gasteiger partial charge in [0.1, 0.15) is 17.5 Å². The maximum absolute atomic E-state index is 13.0. The lowest BCUT2D eigenvalue weighted by Gasteiger charge is -2.46. The summed E-state index contributed by atoms with van der Waals surface area (Å²) in [5.74, 6) is 1.18. The molecule has 2 fully saturated rings. The molecule has 3 aliphatic heterocycles. The zero-order chi connectivity index (χ0) is 27.0. The highest BCUT2D eigenvalue weighted by atomic mass is 16.5. The summed E-state index contributed by atoms with van der Waals surface area (Å²) in [4.78, 5) is 54.4. The molecule has 202 valence electrons. The Bertz CT molecular complexity index is 1250. The van der Waals surface area contributed by atoms with Crippen LogP contribution in [0, 0.1) is 0 Å². The predicted molar refractivity (Wildman–Crippen MR) is 143 cm³/mol. The van der Waals surface area contributed by atoms with E-state index in [1.165, 1.54) is 6.92 Å². The molecule has 1 aromatic heterocycles. The SMILES string of the molecule is COc1cc(C(=O)NC2CCN(C)CC2)ccc1Nc1ncc2c(n1)N1CCN(C(C)=O)C[C@@H]1C(=O)N2C. The van der Waals surface area contributed by atoms with Gasteiger partial charge in [-0.05, 0) is 51.2 Å². The van der Waals surface area contributed by atoms with Gasteiger partial charge in [0.25, 0.3) is 11.8 Å². The zero-order valence-electron chi connectivity index (χ0n) is 22.2. The molecule has 1 aromatic carbocycles. The van der Waals surface area contributed by atoms with Crippen LogP contribution < -0.4 is 25.2 Å². The molecule has 2 saturated heterocycles. The van der Waals surface area contributed by atoms with Gasteiger partial charge in [-0.15, -0.1) is 0 Å². The van der Waals surface area contributed by atoms with E-state index in [1.54, 1.807) is 48.4 Å². The largest absolute Gasteiger partial charge is 0.495 e. The van der Waals surface area contributed by atoms with Gasteiger partial charge in [0.2, 0.25) is 11.9 Å². The lowest BCUT2D eigenvalue weighted by Crippen LogP contribution is -2.63. The highest BCUT2D eigenvalue weighted by Crippen LogP contribution is 2.36. The van der Waals surface area contributed by atoms with Gasteiger partial charge in [-0.3, -0.25) is 14.4 Å². The van der Waals surface area contributed by atoms with Crippen molar-refractivity contribution in [2.45, 2.75) is 31.8 Å². The molecular formula is C26H34N8O4. The van der Waals surface area contributed by atoms with E-state index in [1.807, 2.05) is 4.90 Å². The Morgan fingerprint density at radius 1 is 1.11 bits per heavy atom. The standard InChI is InChI=1S/C26H34N8O4/c1-16(35)33-11-12-34-21(15-33)25(37)32(3)20-14-27-26(30-23(20)34)29-19-6-5-17(13-22(19)38-4)24(36)28-18-7-9-31(2)10-8-18/h5-6,13-14,18,21H,7-12,15H2,1-4H3,(H,28,36)(H,27,29,30)/t21-/m1/s1. The Hall–Kier alpha value is -3.93. The first kappa shape index (κ1) is 25.7. The van der Waals surface area contributed by atoms with Gasteiger partial charge >= 0.3 is 0 Å². The van der Waals surface area contributed by atoms with Gasteiger partial charge in [-0.25, -0.2) is 4.98 Å². The minimum absolute atomic E-state index is 0.0495. The fourth-order valence-electron chi connectivity index (χ4n) is 5.23. The molecule has 1 atom stereocenters. The topological polar surface area (TPSA) is 123 Å². The number of hydrogen-bond donors (Lipinski definition) is 2. The van der Waals surface area contributed by atoms with E-state index in [-0.39, 0.29) is 23.8 Å². The Kier molecular flexibility index (Phi) is 7.06. The minimum atomic E-state index is -0.496. The third-order valence-corrected chi connectivity index (χ3v) is 7.59. The van der Waals surface area contributed by atoms with Crippen LogP contribution in [0.2, 0.25) is 0 Å². The Morgan fingerprint density at radius 2 is 1.87 bits per heavy atom. The molecule has 5 rings (SSSR count). The number of anilines is 4. The monoisotopic (exact) mass is 522 g/mol. The summed E-state index contributed by atoms with van der Waals surface area (Å²) in [7, 11) is 5.33. The Morgan fingerprint density at radius 3 is 2.58 bits per heavy atom. The quantitative estimate of drug-likeness (QED) is 0.593. The van der Waals surface area contributed by atoms with Crippen LogP contribution in [0.25, 0.3) is 0 Å². The molecule has 0 bridgehead atoms. The normalized spacial score (nSPS) is 20.1. The first-order chi connectivity index (χ1) is 18.2. The second kappa shape index (κ2) is 10.4. The molecule has 0 aliphatic carbocycles. The van der Waals surface area contributed by atoms with Crippen molar-refractivity contribution in [2.24, 2.45) is 0 Å². The van der Waals surface area contributed by atoms with Crippen LogP contribution in [-0.2, 0) is 9.59 Å². The van der Waals surface area contributed by atoms with Gasteiger partial charge in [0.15, 0.2) is 5.82 Å². The molecule has 2 aromatic rings. The zero-order valence-corrected chi connectivity index (χ0v) is 22.2. The summed E-state index contributed by atoms with van der Waals surface area (Å²) in [6.45, 7) is 4.78. The van der Waals surface area contributed by atoms with E-state index in [0.29, 0.717) is 54.1 Å². The van der Waals surface area contributed by atoms with Crippen LogP contribution in [0.15, 0.2) is 24.4 Å². The van der Waals surface area contributed by atoms with Gasteiger partial charge in [-0.1, -0.05) is 0 Å². The van der Waals surface area contributed by atoms with Crippen molar-refractivity contribution in [2.75, 3.05) is 69.0 Å². The van der Waals surface area contributed by atoms with Crippen LogP contribution in [0.1, 0.15) is 30.1 Å². The minimum Gasteiger partial charge on any atom is -0.495 e. The van der Waals surface area contributed by atoms with Crippen LogP contribution >= 0.6 is 0 Å². The van der Waals surface area contributed by atoms with Crippen LogP contribution in [0.3, 0.4) is 0 Å². The number of rotatable bonds is 5. The van der Waals surface area contributed by atoms with Crippen molar-refractivity contribution in [3.05, 3.63) is 30.0 Å². The summed E-state index contributed by atoms with van der Waals surface area (Å²) in [5, 5.41) is 6.32. The number of likely N-dealkylation sites (N-methyl/N-ethyl adjacent to an activating group) is 1. The lowest BCUT2D eigenvalue weighted by atomic mass is 10.0. The number of likely N-dealkylation sites (tertiary alicyclic amines) is 1. The van der Waals surface area contributed by atoms with Crippen molar-refractivity contribution in [3.8, 4) is 5.75 Å². The smallest absolute Gasteiger partial charge is 0.251 e. The van der Waals surface area contributed by atoms with E-state index >= 15 is 0 Å². The van der Waals surface area contributed by atoms with Gasteiger partial charge in [-0.2, -0.15) is 4.98 Å². The van der Waals surface area contributed by atoms with E-state index < -0.39 is 6.04 Å². The number of aromatic nitrogens is 2. The molecule has 38 heavy (non-hydrogen) atoms. The van der Waals surface area contributed by atoms with Crippen LogP contribution in [0.5, 0.6) is 5.75 Å². The highest BCUT2D eigenvalue weighted by Gasteiger charge is 2.42. The number of carbonyl (C=O) groups excluding carboxylic acids is 3. The van der Waals surface area contributed by atoms with Crippen molar-refractivity contribution < 1.29 is 19.1 Å². The van der Waals surface area contributed by atoms with Crippen LogP contribution in [0.4, 0.5) is 23.1 Å². The molecule has 0 saturated carbocycles. The second-order valence-corrected chi connectivity index (χ2v) is 10.1. The maximum atomic E-state index is 13.0. The summed E-state index contributed by atoms with van der Waals surface area (Å²) >= 11 is 0. The van der Waals surface area contributed by atoms with Gasteiger partial charge < -0.3 is 35.0 Å². The Labute approximate surface area is 221 Å². The number of amides is 3. The number of piperidine rings is 1. The number of nitrogens with zero attached hydrogens (tertiary/aromatic N) is 6. The number of carbonyl (C=O) groups is 3. The average molecular weight is 523 g/mol. The summed E-state index contributed by atoms with van der Waals surface area (Å²) in [6.07, 6.45) is 3.48. The van der Waals surface area contributed by atoms with Gasteiger partial charge in [0.05, 0.1) is 25.5 Å². The first-order valence-electron chi connectivity index (χ1n) is 12.9. The maximum Gasteiger partial charge on any atom is 0.251 e. The van der Waals surface area contributed by atoms with Crippen molar-refractivity contribution in [1.82, 2.24) is 25.1 Å². The molecule has 4 heterocycles. The first-order valence-corrected chi connectivity index (χ1v) is 12.9. The number of fused-ring (bicyclic) bond motifs is 3. The van der Waals surface area contributed by atoms with E-state index in [0.717, 1.165) is 25.9 Å². The summed E-state index contributed by atoms with van der Waals surface area (Å²) in [5.41, 5.74) is 1.74. The van der Waals surface area contributed by atoms with Gasteiger partial charge in [0, 0.05) is 38.7 Å². The molecule has 0 spiro atoms.